The monoisotopic (exact) mass is 217 g/mol. The Kier molecular flexibility index (Phi) is 3.66. The van der Waals surface area contributed by atoms with Crippen LogP contribution in [0.5, 0.6) is 11.5 Å². The molecule has 16 heavy (non-hydrogen) atoms. The molecule has 0 amide bonds. The molecule has 0 bridgehead atoms. The summed E-state index contributed by atoms with van der Waals surface area (Å²) in [6.07, 6.45) is 3.65. The molecule has 0 saturated heterocycles. The van der Waals surface area contributed by atoms with Crippen molar-refractivity contribution in [3.8, 4) is 17.6 Å². The number of nitrogens with zero attached hydrogens (tertiary/aromatic N) is 1. The lowest BCUT2D eigenvalue weighted by Gasteiger charge is -2.18. The fourth-order valence-corrected chi connectivity index (χ4v) is 1.78. The van der Waals surface area contributed by atoms with Crippen LogP contribution in [0.25, 0.3) is 0 Å². The molecule has 1 heterocycles. The summed E-state index contributed by atoms with van der Waals surface area (Å²) in [6, 6.07) is 8.24. The van der Waals surface area contributed by atoms with E-state index in [0.717, 1.165) is 30.8 Å². The van der Waals surface area contributed by atoms with Gasteiger partial charge in [-0.15, -0.1) is 0 Å². The lowest BCUT2D eigenvalue weighted by molar-refractivity contribution is 0.171. The van der Waals surface area contributed by atoms with Gasteiger partial charge in [0.1, 0.15) is 13.2 Å². The van der Waals surface area contributed by atoms with E-state index < -0.39 is 0 Å². The highest BCUT2D eigenvalue weighted by atomic mass is 16.6. The Balaban J connectivity index is 1.93. The number of benzene rings is 1. The molecule has 1 aliphatic heterocycles. The van der Waals surface area contributed by atoms with E-state index in [-0.39, 0.29) is 0 Å². The maximum atomic E-state index is 8.44. The van der Waals surface area contributed by atoms with Gasteiger partial charge in [0.15, 0.2) is 11.5 Å². The molecule has 0 saturated carbocycles. The third-order valence-electron chi connectivity index (χ3n) is 2.61. The van der Waals surface area contributed by atoms with E-state index in [4.69, 9.17) is 14.7 Å². The largest absolute Gasteiger partial charge is 0.486 e. The minimum atomic E-state index is 0.630. The molecule has 0 radical (unpaired) electrons. The molecular weight excluding hydrogens is 202 g/mol. The van der Waals surface area contributed by atoms with Crippen molar-refractivity contribution in [3.05, 3.63) is 23.8 Å². The number of aryl methyl sites for hydroxylation is 1. The van der Waals surface area contributed by atoms with E-state index in [1.165, 1.54) is 5.56 Å². The molecule has 0 N–H and O–H groups in total. The summed E-state index contributed by atoms with van der Waals surface area (Å²) in [5.41, 5.74) is 1.25. The highest BCUT2D eigenvalue weighted by Gasteiger charge is 2.11. The summed E-state index contributed by atoms with van der Waals surface area (Å²) < 4.78 is 11.0. The van der Waals surface area contributed by atoms with Gasteiger partial charge in [-0.2, -0.15) is 5.26 Å². The van der Waals surface area contributed by atoms with Crippen LogP contribution in [-0.4, -0.2) is 13.2 Å². The van der Waals surface area contributed by atoms with E-state index in [0.29, 0.717) is 19.6 Å². The van der Waals surface area contributed by atoms with Gasteiger partial charge in [0.25, 0.3) is 0 Å². The molecule has 2 rings (SSSR count). The van der Waals surface area contributed by atoms with Crippen LogP contribution in [-0.2, 0) is 6.42 Å². The lowest BCUT2D eigenvalue weighted by Crippen LogP contribution is -2.15. The number of fused-ring (bicyclic) bond motifs is 1. The van der Waals surface area contributed by atoms with Gasteiger partial charge in [0.05, 0.1) is 6.07 Å². The molecule has 84 valence electrons. The van der Waals surface area contributed by atoms with E-state index in [9.17, 15) is 0 Å². The number of unbranched alkanes of at least 4 members (excludes halogenated alkanes) is 2. The minimum Gasteiger partial charge on any atom is -0.486 e. The van der Waals surface area contributed by atoms with Gasteiger partial charge in [-0.1, -0.05) is 6.07 Å². The molecule has 0 spiro atoms. The Morgan fingerprint density at radius 1 is 1.12 bits per heavy atom. The van der Waals surface area contributed by atoms with Gasteiger partial charge in [-0.05, 0) is 37.0 Å². The molecule has 0 fully saturated rings. The van der Waals surface area contributed by atoms with Crippen LogP contribution in [0.15, 0.2) is 18.2 Å². The van der Waals surface area contributed by atoms with Gasteiger partial charge in [0.2, 0.25) is 0 Å². The zero-order valence-corrected chi connectivity index (χ0v) is 9.24. The quantitative estimate of drug-likeness (QED) is 0.728. The van der Waals surface area contributed by atoms with Gasteiger partial charge in [-0.25, -0.2) is 0 Å². The standard InChI is InChI=1S/C13H15NO2/c14-7-3-1-2-4-11-5-6-12-13(10-11)16-9-8-15-12/h5-6,10H,1-4,8-9H2. The Labute approximate surface area is 95.6 Å². The number of hydrogen-bond acceptors (Lipinski definition) is 3. The summed E-state index contributed by atoms with van der Waals surface area (Å²) in [7, 11) is 0. The first-order valence-electron chi connectivity index (χ1n) is 5.65. The average molecular weight is 217 g/mol. The predicted octanol–water partition coefficient (Wildman–Crippen LogP) is 2.69. The summed E-state index contributed by atoms with van der Waals surface area (Å²) in [6.45, 7) is 1.26. The van der Waals surface area contributed by atoms with E-state index in [2.05, 4.69) is 12.1 Å². The van der Waals surface area contributed by atoms with Gasteiger partial charge < -0.3 is 9.47 Å². The first-order chi connectivity index (χ1) is 7.90. The van der Waals surface area contributed by atoms with Crippen LogP contribution in [0.1, 0.15) is 24.8 Å². The van der Waals surface area contributed by atoms with Gasteiger partial charge >= 0.3 is 0 Å². The molecule has 1 aliphatic rings. The molecule has 0 unspecified atom stereocenters. The lowest BCUT2D eigenvalue weighted by atomic mass is 10.1. The van der Waals surface area contributed by atoms with Crippen LogP contribution >= 0.6 is 0 Å². The molecule has 3 nitrogen and oxygen atoms in total. The number of hydrogen-bond donors (Lipinski definition) is 0. The van der Waals surface area contributed by atoms with Crippen molar-refractivity contribution in [1.82, 2.24) is 0 Å². The van der Waals surface area contributed by atoms with Crippen molar-refractivity contribution in [3.63, 3.8) is 0 Å². The van der Waals surface area contributed by atoms with Crippen molar-refractivity contribution in [2.45, 2.75) is 25.7 Å². The summed E-state index contributed by atoms with van der Waals surface area (Å²) in [5, 5.41) is 8.44. The van der Waals surface area contributed by atoms with Crippen LogP contribution in [0.4, 0.5) is 0 Å². The zero-order chi connectivity index (χ0) is 11.2. The van der Waals surface area contributed by atoms with Crippen LogP contribution < -0.4 is 9.47 Å². The van der Waals surface area contributed by atoms with Crippen molar-refractivity contribution in [1.29, 1.82) is 5.26 Å². The van der Waals surface area contributed by atoms with E-state index in [1.54, 1.807) is 0 Å². The Morgan fingerprint density at radius 2 is 1.94 bits per heavy atom. The number of ether oxygens (including phenoxy) is 2. The molecule has 0 aliphatic carbocycles. The Morgan fingerprint density at radius 3 is 2.75 bits per heavy atom. The topological polar surface area (TPSA) is 42.2 Å². The smallest absolute Gasteiger partial charge is 0.161 e. The SMILES string of the molecule is N#CCCCCc1ccc2c(c1)OCCO2. The van der Waals surface area contributed by atoms with Crippen molar-refractivity contribution in [2.75, 3.05) is 13.2 Å². The maximum Gasteiger partial charge on any atom is 0.161 e. The van der Waals surface area contributed by atoms with Gasteiger partial charge in [-0.3, -0.25) is 0 Å². The minimum absolute atomic E-state index is 0.630. The van der Waals surface area contributed by atoms with Gasteiger partial charge in [0, 0.05) is 6.42 Å². The molecule has 1 aromatic rings. The van der Waals surface area contributed by atoms with E-state index in [1.807, 2.05) is 12.1 Å². The third-order valence-corrected chi connectivity index (χ3v) is 2.61. The number of nitriles is 1. The summed E-state index contributed by atoms with van der Waals surface area (Å²) in [4.78, 5) is 0. The van der Waals surface area contributed by atoms with E-state index >= 15 is 0 Å². The first-order valence-corrected chi connectivity index (χ1v) is 5.65. The van der Waals surface area contributed by atoms with Crippen molar-refractivity contribution < 1.29 is 9.47 Å². The third kappa shape index (κ3) is 2.66. The van der Waals surface area contributed by atoms with Crippen LogP contribution in [0, 0.1) is 11.3 Å². The molecule has 1 aromatic carbocycles. The zero-order valence-electron chi connectivity index (χ0n) is 9.24. The van der Waals surface area contributed by atoms with Crippen molar-refractivity contribution in [2.24, 2.45) is 0 Å². The molecule has 3 heteroatoms. The summed E-state index contributed by atoms with van der Waals surface area (Å²) >= 11 is 0. The number of rotatable bonds is 4. The summed E-state index contributed by atoms with van der Waals surface area (Å²) in [5.74, 6) is 1.69. The van der Waals surface area contributed by atoms with Crippen LogP contribution in [0.2, 0.25) is 0 Å². The predicted molar refractivity (Wildman–Crippen MR) is 60.6 cm³/mol. The van der Waals surface area contributed by atoms with Crippen molar-refractivity contribution >= 4 is 0 Å². The molecular formula is C13H15NO2. The highest BCUT2D eigenvalue weighted by Crippen LogP contribution is 2.31. The molecule has 0 atom stereocenters. The Hall–Kier alpha value is -1.69. The van der Waals surface area contributed by atoms with Crippen LogP contribution in [0.3, 0.4) is 0 Å². The second-order valence-corrected chi connectivity index (χ2v) is 3.84. The second-order valence-electron chi connectivity index (χ2n) is 3.84. The fraction of sp³-hybridized carbons (Fsp3) is 0.462. The first kappa shape index (κ1) is 10.8. The second kappa shape index (κ2) is 5.41. The maximum absolute atomic E-state index is 8.44. The Bertz CT molecular complexity index is 395. The average Bonchev–Trinajstić information content (AvgIpc) is 2.34. The fourth-order valence-electron chi connectivity index (χ4n) is 1.78. The normalized spacial score (nSPS) is 13.2. The highest BCUT2D eigenvalue weighted by molar-refractivity contribution is 5.43. The molecule has 0 aromatic heterocycles.